The molecule has 0 spiro atoms. The van der Waals surface area contributed by atoms with E-state index in [1.54, 1.807) is 10.6 Å². The highest BCUT2D eigenvalue weighted by molar-refractivity contribution is 6.33. The van der Waals surface area contributed by atoms with Gasteiger partial charge in [0, 0.05) is 12.6 Å². The molecule has 0 atom stereocenters. The zero-order chi connectivity index (χ0) is 15.5. The minimum atomic E-state index is -0.512. The summed E-state index contributed by atoms with van der Waals surface area (Å²) < 4.78 is 1.79. The zero-order valence-corrected chi connectivity index (χ0v) is 12.2. The van der Waals surface area contributed by atoms with Crippen LogP contribution in [-0.2, 0) is 11.8 Å². The third-order valence-electron chi connectivity index (χ3n) is 3.72. The molecular weight excluding hydrogens is 274 g/mol. The highest BCUT2D eigenvalue weighted by atomic mass is 16.2. The molecule has 0 unspecified atom stereocenters. The van der Waals surface area contributed by atoms with Gasteiger partial charge in [0.2, 0.25) is 5.78 Å². The second-order valence-electron chi connectivity index (χ2n) is 5.07. The predicted octanol–water partition coefficient (Wildman–Crippen LogP) is 3.74. The van der Waals surface area contributed by atoms with Crippen LogP contribution in [-0.4, -0.2) is 16.6 Å². The first-order chi connectivity index (χ1) is 10.7. The number of nitrogens with zero attached hydrogens (tertiary/aromatic N) is 1. The molecule has 0 bridgehead atoms. The summed E-state index contributed by atoms with van der Waals surface area (Å²) >= 11 is 0. The van der Waals surface area contributed by atoms with Crippen molar-refractivity contribution >= 4 is 12.1 Å². The van der Waals surface area contributed by atoms with Gasteiger partial charge in [0.25, 0.3) is 0 Å². The number of aldehydes is 1. The normalized spacial score (nSPS) is 10.4. The lowest BCUT2D eigenvalue weighted by Crippen LogP contribution is -2.07. The van der Waals surface area contributed by atoms with Gasteiger partial charge in [0.15, 0.2) is 6.29 Å². The summed E-state index contributed by atoms with van der Waals surface area (Å²) in [5.41, 5.74) is 4.29. The SMILES string of the molecule is Cn1c(C(=O)C=O)cc(-c2ccccc2)c1-c1ccccc1. The maximum Gasteiger partial charge on any atom is 0.241 e. The van der Waals surface area contributed by atoms with Crippen molar-refractivity contribution in [2.24, 2.45) is 7.05 Å². The minimum absolute atomic E-state index is 0.360. The second-order valence-corrected chi connectivity index (χ2v) is 5.07. The van der Waals surface area contributed by atoms with Gasteiger partial charge in [0.1, 0.15) is 0 Å². The van der Waals surface area contributed by atoms with Crippen LogP contribution in [0.4, 0.5) is 0 Å². The van der Waals surface area contributed by atoms with Crippen LogP contribution in [0.25, 0.3) is 22.4 Å². The third kappa shape index (κ3) is 2.37. The molecule has 0 fully saturated rings. The van der Waals surface area contributed by atoms with E-state index in [-0.39, 0.29) is 0 Å². The summed E-state index contributed by atoms with van der Waals surface area (Å²) in [6.07, 6.45) is 0.360. The van der Waals surface area contributed by atoms with E-state index in [9.17, 15) is 9.59 Å². The first-order valence-electron chi connectivity index (χ1n) is 7.02. The van der Waals surface area contributed by atoms with Gasteiger partial charge in [-0.15, -0.1) is 0 Å². The number of aromatic nitrogens is 1. The lowest BCUT2D eigenvalue weighted by atomic mass is 10.0. The molecule has 0 saturated heterocycles. The van der Waals surface area contributed by atoms with Crippen molar-refractivity contribution in [2.45, 2.75) is 0 Å². The van der Waals surface area contributed by atoms with Crippen LogP contribution in [0, 0.1) is 0 Å². The zero-order valence-electron chi connectivity index (χ0n) is 12.2. The van der Waals surface area contributed by atoms with Crippen LogP contribution in [0.3, 0.4) is 0 Å². The summed E-state index contributed by atoms with van der Waals surface area (Å²) in [5, 5.41) is 0. The quantitative estimate of drug-likeness (QED) is 0.417. The molecule has 0 radical (unpaired) electrons. The van der Waals surface area contributed by atoms with Crippen molar-refractivity contribution in [1.29, 1.82) is 0 Å². The Hall–Kier alpha value is -2.94. The van der Waals surface area contributed by atoms with E-state index in [1.807, 2.05) is 67.7 Å². The number of rotatable bonds is 4. The summed E-state index contributed by atoms with van der Waals surface area (Å²) in [6, 6.07) is 21.5. The molecule has 1 aromatic heterocycles. The molecule has 22 heavy (non-hydrogen) atoms. The molecule has 0 aliphatic heterocycles. The van der Waals surface area contributed by atoms with Crippen molar-refractivity contribution in [2.75, 3.05) is 0 Å². The summed E-state index contributed by atoms with van der Waals surface area (Å²) in [7, 11) is 1.81. The number of Topliss-reactive ketones (excluding diaryl/α,β-unsaturated/α-hetero) is 1. The van der Waals surface area contributed by atoms with E-state index >= 15 is 0 Å². The van der Waals surface area contributed by atoms with Gasteiger partial charge < -0.3 is 4.57 Å². The molecule has 0 aliphatic rings. The van der Waals surface area contributed by atoms with Crippen LogP contribution in [0.5, 0.6) is 0 Å². The average molecular weight is 289 g/mol. The fourth-order valence-electron chi connectivity index (χ4n) is 2.68. The molecule has 3 heteroatoms. The van der Waals surface area contributed by atoms with Gasteiger partial charge in [-0.25, -0.2) is 0 Å². The Bertz CT molecular complexity index is 817. The monoisotopic (exact) mass is 289 g/mol. The van der Waals surface area contributed by atoms with Crippen molar-refractivity contribution in [3.8, 4) is 22.4 Å². The van der Waals surface area contributed by atoms with Crippen molar-refractivity contribution in [3.63, 3.8) is 0 Å². The smallest absolute Gasteiger partial charge is 0.241 e. The largest absolute Gasteiger partial charge is 0.340 e. The van der Waals surface area contributed by atoms with E-state index < -0.39 is 5.78 Å². The highest BCUT2D eigenvalue weighted by Crippen LogP contribution is 2.34. The van der Waals surface area contributed by atoms with Crippen LogP contribution < -0.4 is 0 Å². The molecule has 0 N–H and O–H groups in total. The minimum Gasteiger partial charge on any atom is -0.340 e. The van der Waals surface area contributed by atoms with Gasteiger partial charge in [-0.2, -0.15) is 0 Å². The predicted molar refractivity (Wildman–Crippen MR) is 86.7 cm³/mol. The topological polar surface area (TPSA) is 39.1 Å². The maximum atomic E-state index is 11.9. The number of hydrogen-bond acceptors (Lipinski definition) is 2. The molecule has 0 aliphatic carbocycles. The lowest BCUT2D eigenvalue weighted by molar-refractivity contribution is -0.104. The highest BCUT2D eigenvalue weighted by Gasteiger charge is 2.19. The summed E-state index contributed by atoms with van der Waals surface area (Å²) in [5.74, 6) is -0.512. The van der Waals surface area contributed by atoms with Gasteiger partial charge in [0.05, 0.1) is 11.4 Å². The standard InChI is InChI=1S/C19H15NO2/c1-20-17(18(22)13-21)12-16(14-8-4-2-5-9-14)19(20)15-10-6-3-7-11-15/h2-13H,1H3. The van der Waals surface area contributed by atoms with Crippen LogP contribution in [0.2, 0.25) is 0 Å². The first kappa shape index (κ1) is 14.0. The number of hydrogen-bond donors (Lipinski definition) is 0. The fourth-order valence-corrected chi connectivity index (χ4v) is 2.68. The molecule has 2 aromatic carbocycles. The second kappa shape index (κ2) is 5.82. The lowest BCUT2D eigenvalue weighted by Gasteiger charge is -2.09. The Labute approximate surface area is 128 Å². The Balaban J connectivity index is 2.29. The van der Waals surface area contributed by atoms with E-state index in [2.05, 4.69) is 0 Å². The molecule has 0 saturated carbocycles. The molecular formula is C19H15NO2. The number of carbonyl (C=O) groups is 2. The third-order valence-corrected chi connectivity index (χ3v) is 3.72. The average Bonchev–Trinajstić information content (AvgIpc) is 2.93. The summed E-state index contributed by atoms with van der Waals surface area (Å²) in [4.78, 5) is 22.8. The molecule has 3 rings (SSSR count). The van der Waals surface area contributed by atoms with Crippen molar-refractivity contribution in [3.05, 3.63) is 72.4 Å². The Morgan fingerprint density at radius 1 is 0.909 bits per heavy atom. The Morgan fingerprint density at radius 3 is 2.00 bits per heavy atom. The van der Waals surface area contributed by atoms with Crippen LogP contribution >= 0.6 is 0 Å². The van der Waals surface area contributed by atoms with Crippen molar-refractivity contribution < 1.29 is 9.59 Å². The number of carbonyl (C=O) groups excluding carboxylic acids is 2. The Kier molecular flexibility index (Phi) is 3.71. The Morgan fingerprint density at radius 2 is 1.45 bits per heavy atom. The van der Waals surface area contributed by atoms with Gasteiger partial charge in [-0.3, -0.25) is 9.59 Å². The van der Waals surface area contributed by atoms with Crippen molar-refractivity contribution in [1.82, 2.24) is 4.57 Å². The number of ketones is 1. The maximum absolute atomic E-state index is 11.9. The molecule has 3 aromatic rings. The fraction of sp³-hybridized carbons (Fsp3) is 0.0526. The van der Waals surface area contributed by atoms with Gasteiger partial charge in [-0.1, -0.05) is 60.7 Å². The van der Waals surface area contributed by atoms with Crippen LogP contribution in [0.1, 0.15) is 10.5 Å². The van der Waals surface area contributed by atoms with Gasteiger partial charge in [-0.05, 0) is 17.2 Å². The molecule has 108 valence electrons. The molecule has 3 nitrogen and oxygen atoms in total. The molecule has 0 amide bonds. The van der Waals surface area contributed by atoms with Gasteiger partial charge >= 0.3 is 0 Å². The van der Waals surface area contributed by atoms with E-state index in [0.717, 1.165) is 22.4 Å². The number of benzene rings is 2. The first-order valence-corrected chi connectivity index (χ1v) is 7.02. The van der Waals surface area contributed by atoms with E-state index in [4.69, 9.17) is 0 Å². The molecule has 1 heterocycles. The van der Waals surface area contributed by atoms with E-state index in [0.29, 0.717) is 12.0 Å². The van der Waals surface area contributed by atoms with Crippen LogP contribution in [0.15, 0.2) is 66.7 Å². The van der Waals surface area contributed by atoms with E-state index in [1.165, 1.54) is 0 Å². The summed E-state index contributed by atoms with van der Waals surface area (Å²) in [6.45, 7) is 0.